The lowest BCUT2D eigenvalue weighted by Crippen LogP contribution is -2.42. The minimum absolute atomic E-state index is 0.329. The molecule has 0 aliphatic carbocycles. The monoisotopic (exact) mass is 430 g/mol. The van der Waals surface area contributed by atoms with E-state index < -0.39 is 5.60 Å². The molecule has 0 unspecified atom stereocenters. The number of rotatable bonds is 10. The van der Waals surface area contributed by atoms with Crippen molar-refractivity contribution in [2.75, 3.05) is 13.2 Å². The van der Waals surface area contributed by atoms with Crippen molar-refractivity contribution < 1.29 is 19.0 Å². The van der Waals surface area contributed by atoms with Crippen molar-refractivity contribution >= 4 is 12.0 Å². The molecule has 0 saturated heterocycles. The molecule has 0 saturated carbocycles. The number of carbonyl (C=O) groups excluding carboxylic acids is 1. The van der Waals surface area contributed by atoms with E-state index in [2.05, 4.69) is 36.4 Å². The molecular formula is C28H30O4. The summed E-state index contributed by atoms with van der Waals surface area (Å²) >= 11 is 0. The van der Waals surface area contributed by atoms with Crippen molar-refractivity contribution in [2.24, 2.45) is 0 Å². The lowest BCUT2D eigenvalue weighted by atomic mass is 10.0. The van der Waals surface area contributed by atoms with Gasteiger partial charge in [-0.15, -0.1) is 0 Å². The van der Waals surface area contributed by atoms with Crippen LogP contribution < -0.4 is 9.47 Å². The Morgan fingerprint density at radius 3 is 2.09 bits per heavy atom. The zero-order chi connectivity index (χ0) is 22.8. The second kappa shape index (κ2) is 11.2. The molecule has 3 aromatic carbocycles. The predicted molar refractivity (Wildman–Crippen MR) is 129 cm³/mol. The van der Waals surface area contributed by atoms with Crippen LogP contribution in [-0.4, -0.2) is 24.8 Å². The zero-order valence-corrected chi connectivity index (χ0v) is 18.9. The van der Waals surface area contributed by atoms with Gasteiger partial charge in [-0.2, -0.15) is 0 Å². The van der Waals surface area contributed by atoms with Gasteiger partial charge in [0.05, 0.1) is 6.61 Å². The van der Waals surface area contributed by atoms with Gasteiger partial charge in [0.15, 0.2) is 0 Å². The van der Waals surface area contributed by atoms with E-state index >= 15 is 0 Å². The average Bonchev–Trinajstić information content (AvgIpc) is 2.84. The van der Waals surface area contributed by atoms with E-state index in [-0.39, 0.29) is 5.97 Å². The van der Waals surface area contributed by atoms with Crippen molar-refractivity contribution in [3.63, 3.8) is 0 Å². The molecular weight excluding hydrogens is 400 g/mol. The molecule has 0 bridgehead atoms. The number of ether oxygens (including phenoxy) is 3. The van der Waals surface area contributed by atoms with Crippen LogP contribution >= 0.6 is 0 Å². The van der Waals surface area contributed by atoms with Crippen LogP contribution in [0.5, 0.6) is 11.5 Å². The standard InChI is InChI=1S/C28H30O4/c1-4-28(3,27(29)30-5-2)32-26-19-17-25(18-20-26)31-21-9-10-22-13-15-24(16-14-22)23-11-7-6-8-12-23/h6-20H,4-5,21H2,1-3H3/t28-/m1/s1. The SMILES string of the molecule is CCOC(=O)[C@@](C)(CC)Oc1ccc(OCC=Cc2ccc(-c3ccccc3)cc2)cc1. The van der Waals surface area contributed by atoms with E-state index in [1.807, 2.05) is 49.4 Å². The number of hydrogen-bond acceptors (Lipinski definition) is 4. The molecule has 3 rings (SSSR count). The van der Waals surface area contributed by atoms with Gasteiger partial charge >= 0.3 is 5.97 Å². The number of carbonyl (C=O) groups is 1. The summed E-state index contributed by atoms with van der Waals surface area (Å²) in [4.78, 5) is 12.2. The third kappa shape index (κ3) is 6.24. The molecule has 0 aliphatic rings. The van der Waals surface area contributed by atoms with Gasteiger partial charge in [-0.05, 0) is 67.3 Å². The average molecular weight is 431 g/mol. The van der Waals surface area contributed by atoms with Gasteiger partial charge in [-0.1, -0.05) is 67.6 Å². The van der Waals surface area contributed by atoms with E-state index in [4.69, 9.17) is 14.2 Å². The summed E-state index contributed by atoms with van der Waals surface area (Å²) < 4.78 is 16.8. The molecule has 0 heterocycles. The number of hydrogen-bond donors (Lipinski definition) is 0. The Bertz CT molecular complexity index is 1010. The Kier molecular flexibility index (Phi) is 8.09. The summed E-state index contributed by atoms with van der Waals surface area (Å²) in [6.07, 6.45) is 4.54. The van der Waals surface area contributed by atoms with Crippen molar-refractivity contribution in [1.82, 2.24) is 0 Å². The first-order valence-corrected chi connectivity index (χ1v) is 10.9. The Balaban J connectivity index is 1.51. The third-order valence-corrected chi connectivity index (χ3v) is 5.22. The normalized spacial score (nSPS) is 12.8. The molecule has 0 aromatic heterocycles. The highest BCUT2D eigenvalue weighted by Gasteiger charge is 2.35. The molecule has 166 valence electrons. The van der Waals surface area contributed by atoms with Gasteiger partial charge in [0.1, 0.15) is 18.1 Å². The molecule has 0 amide bonds. The fourth-order valence-corrected chi connectivity index (χ4v) is 3.15. The highest BCUT2D eigenvalue weighted by atomic mass is 16.6. The van der Waals surface area contributed by atoms with Crippen LogP contribution in [0.25, 0.3) is 17.2 Å². The van der Waals surface area contributed by atoms with Crippen molar-refractivity contribution in [1.29, 1.82) is 0 Å². The maximum atomic E-state index is 12.2. The summed E-state index contributed by atoms with van der Waals surface area (Å²) in [7, 11) is 0. The Labute approximate surface area is 190 Å². The summed E-state index contributed by atoms with van der Waals surface area (Å²) in [5.41, 5.74) is 2.52. The van der Waals surface area contributed by atoms with Crippen LogP contribution in [0, 0.1) is 0 Å². The zero-order valence-electron chi connectivity index (χ0n) is 18.9. The van der Waals surface area contributed by atoms with Gasteiger partial charge in [-0.3, -0.25) is 0 Å². The fraction of sp³-hybridized carbons (Fsp3) is 0.250. The first-order valence-electron chi connectivity index (χ1n) is 10.9. The largest absolute Gasteiger partial charge is 0.490 e. The highest BCUT2D eigenvalue weighted by Crippen LogP contribution is 2.25. The third-order valence-electron chi connectivity index (χ3n) is 5.22. The van der Waals surface area contributed by atoms with Crippen molar-refractivity contribution in [2.45, 2.75) is 32.8 Å². The predicted octanol–water partition coefficient (Wildman–Crippen LogP) is 6.56. The van der Waals surface area contributed by atoms with E-state index in [0.29, 0.717) is 25.4 Å². The molecule has 32 heavy (non-hydrogen) atoms. The number of benzene rings is 3. The summed E-state index contributed by atoms with van der Waals surface area (Å²) in [6.45, 7) is 6.21. The maximum absolute atomic E-state index is 12.2. The summed E-state index contributed by atoms with van der Waals surface area (Å²) in [6, 6.07) is 26.0. The number of esters is 1. The van der Waals surface area contributed by atoms with Crippen LogP contribution in [0.4, 0.5) is 0 Å². The Morgan fingerprint density at radius 1 is 0.844 bits per heavy atom. The molecule has 0 N–H and O–H groups in total. The fourth-order valence-electron chi connectivity index (χ4n) is 3.15. The molecule has 1 atom stereocenters. The smallest absolute Gasteiger partial charge is 0.350 e. The second-order valence-corrected chi connectivity index (χ2v) is 7.58. The minimum atomic E-state index is -1.00. The highest BCUT2D eigenvalue weighted by molar-refractivity contribution is 5.79. The minimum Gasteiger partial charge on any atom is -0.490 e. The molecule has 0 fully saturated rings. The molecule has 3 aromatic rings. The summed E-state index contributed by atoms with van der Waals surface area (Å²) in [5.74, 6) is 0.976. The Hall–Kier alpha value is -3.53. The van der Waals surface area contributed by atoms with Gasteiger partial charge in [0.2, 0.25) is 5.60 Å². The molecule has 0 spiro atoms. The maximum Gasteiger partial charge on any atom is 0.350 e. The van der Waals surface area contributed by atoms with E-state index in [9.17, 15) is 4.79 Å². The van der Waals surface area contributed by atoms with E-state index in [1.165, 1.54) is 11.1 Å². The van der Waals surface area contributed by atoms with Crippen LogP contribution in [0.3, 0.4) is 0 Å². The van der Waals surface area contributed by atoms with Crippen molar-refractivity contribution in [3.05, 3.63) is 90.5 Å². The lowest BCUT2D eigenvalue weighted by Gasteiger charge is -2.27. The molecule has 4 heteroatoms. The first kappa shape index (κ1) is 23.1. The van der Waals surface area contributed by atoms with Crippen LogP contribution in [0.15, 0.2) is 84.9 Å². The van der Waals surface area contributed by atoms with Crippen molar-refractivity contribution in [3.8, 4) is 22.6 Å². The molecule has 0 aliphatic heterocycles. The van der Waals surface area contributed by atoms with Crippen LogP contribution in [0.1, 0.15) is 32.8 Å². The van der Waals surface area contributed by atoms with Crippen LogP contribution in [-0.2, 0) is 9.53 Å². The van der Waals surface area contributed by atoms with Crippen LogP contribution in [0.2, 0.25) is 0 Å². The quantitative estimate of drug-likeness (QED) is 0.342. The lowest BCUT2D eigenvalue weighted by molar-refractivity contribution is -0.160. The van der Waals surface area contributed by atoms with E-state index in [1.54, 1.807) is 26.0 Å². The second-order valence-electron chi connectivity index (χ2n) is 7.58. The first-order chi connectivity index (χ1) is 15.5. The molecule has 0 radical (unpaired) electrons. The van der Waals surface area contributed by atoms with Gasteiger partial charge < -0.3 is 14.2 Å². The topological polar surface area (TPSA) is 44.8 Å². The van der Waals surface area contributed by atoms with E-state index in [0.717, 1.165) is 11.3 Å². The van der Waals surface area contributed by atoms with Gasteiger partial charge in [-0.25, -0.2) is 4.79 Å². The Morgan fingerprint density at radius 2 is 1.47 bits per heavy atom. The van der Waals surface area contributed by atoms with Gasteiger partial charge in [0.25, 0.3) is 0 Å². The van der Waals surface area contributed by atoms with Gasteiger partial charge in [0, 0.05) is 0 Å². The molecule has 4 nitrogen and oxygen atoms in total. The summed E-state index contributed by atoms with van der Waals surface area (Å²) in [5, 5.41) is 0.